The van der Waals surface area contributed by atoms with E-state index in [0.717, 1.165) is 24.3 Å². The van der Waals surface area contributed by atoms with E-state index in [1.54, 1.807) is 16.0 Å². The molecule has 7 heteroatoms. The van der Waals surface area contributed by atoms with Crippen molar-refractivity contribution in [2.75, 3.05) is 11.9 Å². The maximum atomic E-state index is 13.0. The molecule has 1 amide bonds. The lowest BCUT2D eigenvalue weighted by Crippen LogP contribution is -2.44. The highest BCUT2D eigenvalue weighted by molar-refractivity contribution is 7.10. The summed E-state index contributed by atoms with van der Waals surface area (Å²) >= 11 is 1.76. The van der Waals surface area contributed by atoms with Gasteiger partial charge in [-0.05, 0) is 49.4 Å². The minimum atomic E-state index is -0.474. The third kappa shape index (κ3) is 3.16. The molecule has 0 radical (unpaired) electrons. The molecule has 0 bridgehead atoms. The van der Waals surface area contributed by atoms with Gasteiger partial charge in [0.05, 0.1) is 11.4 Å². The molecule has 1 atom stereocenters. The number of nitrogens with zero attached hydrogens (tertiary/aromatic N) is 3. The fourth-order valence-corrected chi connectivity index (χ4v) is 4.61. The van der Waals surface area contributed by atoms with Crippen LogP contribution in [-0.4, -0.2) is 32.8 Å². The lowest BCUT2D eigenvalue weighted by atomic mass is 10.1. The first-order valence-corrected chi connectivity index (χ1v) is 10.3. The second-order valence-electron chi connectivity index (χ2n) is 7.18. The number of hydrogen-bond donors (Lipinski definition) is 1. The van der Waals surface area contributed by atoms with Gasteiger partial charge in [0.15, 0.2) is 0 Å². The van der Waals surface area contributed by atoms with E-state index in [-0.39, 0.29) is 11.5 Å². The van der Waals surface area contributed by atoms with Crippen molar-refractivity contribution >= 4 is 22.9 Å². The van der Waals surface area contributed by atoms with Crippen LogP contribution >= 0.6 is 11.3 Å². The molecule has 0 saturated heterocycles. The van der Waals surface area contributed by atoms with Crippen molar-refractivity contribution < 1.29 is 4.79 Å². The number of rotatable bonds is 4. The number of anilines is 1. The number of fused-ring (bicyclic) bond motifs is 1. The van der Waals surface area contributed by atoms with Crippen LogP contribution in [0.2, 0.25) is 0 Å². The third-order valence-electron chi connectivity index (χ3n) is 5.40. The fourth-order valence-electron chi connectivity index (χ4n) is 3.72. The Balaban J connectivity index is 1.56. The van der Waals surface area contributed by atoms with Gasteiger partial charge in [-0.1, -0.05) is 18.2 Å². The molecule has 0 spiro atoms. The highest BCUT2D eigenvalue weighted by atomic mass is 32.1. The first-order chi connectivity index (χ1) is 13.5. The smallest absolute Gasteiger partial charge is 0.295 e. The maximum absolute atomic E-state index is 13.0. The number of amides is 1. The van der Waals surface area contributed by atoms with E-state index < -0.39 is 6.04 Å². The fraction of sp³-hybridized carbons (Fsp3) is 0.333. The van der Waals surface area contributed by atoms with Gasteiger partial charge in [0.1, 0.15) is 11.7 Å². The summed E-state index contributed by atoms with van der Waals surface area (Å²) in [5.74, 6) is 0.0192. The Hall–Kier alpha value is -2.80. The lowest BCUT2D eigenvalue weighted by molar-refractivity contribution is -0.132. The predicted octanol–water partition coefficient (Wildman–Crippen LogP) is 2.93. The number of carbonyl (C=O) groups is 1. The Kier molecular flexibility index (Phi) is 4.85. The van der Waals surface area contributed by atoms with Gasteiger partial charge >= 0.3 is 0 Å². The summed E-state index contributed by atoms with van der Waals surface area (Å²) in [6.07, 6.45) is 0.899. The molecule has 4 rings (SSSR count). The molecule has 1 aromatic carbocycles. The second kappa shape index (κ2) is 7.31. The summed E-state index contributed by atoms with van der Waals surface area (Å²) in [5, 5.41) is 5.26. The number of para-hydroxylation sites is 1. The average molecular weight is 397 g/mol. The van der Waals surface area contributed by atoms with Crippen LogP contribution in [0, 0.1) is 6.92 Å². The van der Waals surface area contributed by atoms with E-state index in [1.807, 2.05) is 60.8 Å². The molecule has 1 unspecified atom stereocenters. The number of thiophene rings is 1. The number of carbonyl (C=O) groups excluding carboxylic acids is 1. The lowest BCUT2D eigenvalue weighted by Gasteiger charge is -2.29. The highest BCUT2D eigenvalue weighted by Gasteiger charge is 2.27. The van der Waals surface area contributed by atoms with Crippen molar-refractivity contribution in [3.05, 3.63) is 68.3 Å². The first kappa shape index (κ1) is 18.6. The Morgan fingerprint density at radius 2 is 1.96 bits per heavy atom. The molecule has 28 heavy (non-hydrogen) atoms. The molecule has 0 fully saturated rings. The van der Waals surface area contributed by atoms with Gasteiger partial charge in [-0.2, -0.15) is 0 Å². The van der Waals surface area contributed by atoms with E-state index in [4.69, 9.17) is 0 Å². The standard InChI is InChI=1S/C21H24N4O2S/c1-14(20(26)24-11-9-18-16(13-24)10-12-28-18)22-19-15(2)23(3)25(21(19)27)17-7-5-4-6-8-17/h4-8,10,12,14,22H,9,11,13H2,1-3H3. The van der Waals surface area contributed by atoms with E-state index in [9.17, 15) is 9.59 Å². The van der Waals surface area contributed by atoms with Gasteiger partial charge in [-0.15, -0.1) is 11.3 Å². The summed E-state index contributed by atoms with van der Waals surface area (Å²) < 4.78 is 3.43. The average Bonchev–Trinajstić information content (AvgIpc) is 3.26. The van der Waals surface area contributed by atoms with Crippen molar-refractivity contribution in [3.63, 3.8) is 0 Å². The zero-order valence-electron chi connectivity index (χ0n) is 16.3. The van der Waals surface area contributed by atoms with E-state index >= 15 is 0 Å². The summed E-state index contributed by atoms with van der Waals surface area (Å²) in [4.78, 5) is 29.2. The highest BCUT2D eigenvalue weighted by Crippen LogP contribution is 2.24. The summed E-state index contributed by atoms with van der Waals surface area (Å²) in [5.41, 5.74) is 3.16. The third-order valence-corrected chi connectivity index (χ3v) is 6.43. The van der Waals surface area contributed by atoms with Gasteiger partial charge in [-0.3, -0.25) is 14.3 Å². The number of nitrogens with one attached hydrogen (secondary N) is 1. The predicted molar refractivity (Wildman–Crippen MR) is 112 cm³/mol. The summed E-state index contributed by atoms with van der Waals surface area (Å²) in [6.45, 7) is 5.08. The Bertz CT molecular complexity index is 1060. The van der Waals surface area contributed by atoms with Crippen LogP contribution in [0.4, 0.5) is 5.69 Å². The van der Waals surface area contributed by atoms with Gasteiger partial charge in [-0.25, -0.2) is 4.68 Å². The largest absolute Gasteiger partial charge is 0.368 e. The van der Waals surface area contributed by atoms with Crippen LogP contribution in [0.25, 0.3) is 5.69 Å². The van der Waals surface area contributed by atoms with Gasteiger partial charge in [0.25, 0.3) is 5.56 Å². The van der Waals surface area contributed by atoms with E-state index in [2.05, 4.69) is 16.8 Å². The van der Waals surface area contributed by atoms with Crippen LogP contribution in [0.1, 0.15) is 23.1 Å². The molecule has 2 aromatic heterocycles. The zero-order chi connectivity index (χ0) is 19.8. The molecule has 3 aromatic rings. The van der Waals surface area contributed by atoms with E-state index in [1.165, 1.54) is 10.4 Å². The molecule has 1 aliphatic heterocycles. The quantitative estimate of drug-likeness (QED) is 0.738. The minimum Gasteiger partial charge on any atom is -0.368 e. The Morgan fingerprint density at radius 1 is 1.21 bits per heavy atom. The first-order valence-electron chi connectivity index (χ1n) is 9.42. The van der Waals surface area contributed by atoms with Crippen LogP contribution in [0.3, 0.4) is 0 Å². The second-order valence-corrected chi connectivity index (χ2v) is 8.18. The monoisotopic (exact) mass is 396 g/mol. The minimum absolute atomic E-state index is 0.0192. The molecular formula is C21H24N4O2S. The van der Waals surface area contributed by atoms with Crippen molar-refractivity contribution in [1.82, 2.24) is 14.3 Å². The molecule has 3 heterocycles. The normalized spacial score (nSPS) is 14.6. The molecule has 0 saturated carbocycles. The number of aromatic nitrogens is 2. The van der Waals surface area contributed by atoms with Crippen LogP contribution in [0.15, 0.2) is 46.6 Å². The topological polar surface area (TPSA) is 59.3 Å². The van der Waals surface area contributed by atoms with Crippen LogP contribution in [-0.2, 0) is 24.8 Å². The van der Waals surface area contributed by atoms with Crippen molar-refractivity contribution in [3.8, 4) is 5.69 Å². The molecule has 146 valence electrons. The summed E-state index contributed by atoms with van der Waals surface area (Å²) in [6, 6.07) is 11.1. The number of hydrogen-bond acceptors (Lipinski definition) is 4. The van der Waals surface area contributed by atoms with Crippen LogP contribution in [0.5, 0.6) is 0 Å². The molecule has 0 aliphatic carbocycles. The van der Waals surface area contributed by atoms with Gasteiger partial charge in [0, 0.05) is 25.0 Å². The van der Waals surface area contributed by atoms with Crippen molar-refractivity contribution in [1.29, 1.82) is 0 Å². The molecule has 1 N–H and O–H groups in total. The SMILES string of the molecule is Cc1c(NC(C)C(=O)N2CCc3sccc3C2)c(=O)n(-c2ccccc2)n1C. The van der Waals surface area contributed by atoms with Gasteiger partial charge < -0.3 is 10.2 Å². The Morgan fingerprint density at radius 3 is 2.71 bits per heavy atom. The maximum Gasteiger partial charge on any atom is 0.295 e. The summed E-state index contributed by atoms with van der Waals surface area (Å²) in [7, 11) is 1.85. The molecule has 6 nitrogen and oxygen atoms in total. The van der Waals surface area contributed by atoms with Crippen LogP contribution < -0.4 is 10.9 Å². The van der Waals surface area contributed by atoms with Crippen molar-refractivity contribution in [2.45, 2.75) is 32.9 Å². The molecular weight excluding hydrogens is 372 g/mol. The van der Waals surface area contributed by atoms with Crippen molar-refractivity contribution in [2.24, 2.45) is 7.05 Å². The number of benzene rings is 1. The Labute approximate surface area is 168 Å². The van der Waals surface area contributed by atoms with E-state index in [0.29, 0.717) is 12.2 Å². The van der Waals surface area contributed by atoms with Gasteiger partial charge in [0.2, 0.25) is 5.91 Å². The molecule has 1 aliphatic rings. The zero-order valence-corrected chi connectivity index (χ0v) is 17.1.